The Bertz CT molecular complexity index is 756. The molecule has 0 amide bonds. The zero-order valence-electron chi connectivity index (χ0n) is 21.3. The van der Waals surface area contributed by atoms with Crippen molar-refractivity contribution in [2.75, 3.05) is 40.1 Å². The predicted octanol–water partition coefficient (Wildman–Crippen LogP) is 2.74. The lowest BCUT2D eigenvalue weighted by Crippen LogP contribution is -2.67. The van der Waals surface area contributed by atoms with Gasteiger partial charge in [-0.25, -0.2) is 0 Å². The second-order valence-corrected chi connectivity index (χ2v) is 13.9. The quantitative estimate of drug-likeness (QED) is 0.374. The molecule has 2 aromatic rings. The SMILES string of the molecule is CCC(O)COCC(COCC(O)CO[Si](c1ccccc1)(c1ccccc1)C(C)(C)C)OC. The molecule has 0 aliphatic heterocycles. The summed E-state index contributed by atoms with van der Waals surface area (Å²) in [4.78, 5) is 0. The summed E-state index contributed by atoms with van der Waals surface area (Å²) in [6.07, 6.45) is -0.874. The molecule has 0 spiro atoms. The Balaban J connectivity index is 2.02. The molecule has 3 unspecified atom stereocenters. The number of benzene rings is 2. The summed E-state index contributed by atoms with van der Waals surface area (Å²) in [5.74, 6) is 0. The van der Waals surface area contributed by atoms with Gasteiger partial charge in [0.2, 0.25) is 0 Å². The van der Waals surface area contributed by atoms with E-state index in [1.165, 1.54) is 10.4 Å². The Morgan fingerprint density at radius 1 is 0.735 bits per heavy atom. The first-order chi connectivity index (χ1) is 16.2. The normalized spacial score (nSPS) is 15.1. The molecule has 0 fully saturated rings. The minimum atomic E-state index is -2.70. The van der Waals surface area contributed by atoms with E-state index < -0.39 is 20.5 Å². The van der Waals surface area contributed by atoms with E-state index in [1.54, 1.807) is 7.11 Å². The van der Waals surface area contributed by atoms with Crippen molar-refractivity contribution in [2.45, 2.75) is 57.5 Å². The molecule has 0 saturated carbocycles. The van der Waals surface area contributed by atoms with Gasteiger partial charge in [-0.1, -0.05) is 88.4 Å². The van der Waals surface area contributed by atoms with Crippen LogP contribution in [0.5, 0.6) is 0 Å². The number of hydrogen-bond acceptors (Lipinski definition) is 6. The van der Waals surface area contributed by atoms with Crippen LogP contribution in [-0.2, 0) is 18.6 Å². The van der Waals surface area contributed by atoms with Gasteiger partial charge < -0.3 is 28.8 Å². The summed E-state index contributed by atoms with van der Waals surface area (Å²) in [6.45, 7) is 9.71. The third kappa shape index (κ3) is 7.98. The van der Waals surface area contributed by atoms with Crippen LogP contribution >= 0.6 is 0 Å². The number of ether oxygens (including phenoxy) is 3. The highest BCUT2D eigenvalue weighted by Crippen LogP contribution is 2.36. The molecule has 2 N–H and O–H groups in total. The van der Waals surface area contributed by atoms with Crippen LogP contribution in [0.25, 0.3) is 0 Å². The number of hydrogen-bond donors (Lipinski definition) is 2. The molecule has 0 saturated heterocycles. The second-order valence-electron chi connectivity index (χ2n) is 9.62. The number of aliphatic hydroxyl groups is 2. The summed E-state index contributed by atoms with van der Waals surface area (Å²) < 4.78 is 23.3. The van der Waals surface area contributed by atoms with Gasteiger partial charge in [0, 0.05) is 7.11 Å². The van der Waals surface area contributed by atoms with Crippen LogP contribution < -0.4 is 10.4 Å². The fourth-order valence-electron chi connectivity index (χ4n) is 4.00. The van der Waals surface area contributed by atoms with Crippen LogP contribution in [0.4, 0.5) is 0 Å². The number of rotatable bonds is 15. The van der Waals surface area contributed by atoms with Gasteiger partial charge in [0.1, 0.15) is 6.10 Å². The molecule has 190 valence electrons. The maximum Gasteiger partial charge on any atom is 0.261 e. The molecule has 3 atom stereocenters. The highest BCUT2D eigenvalue weighted by molar-refractivity contribution is 6.99. The van der Waals surface area contributed by atoms with Crippen LogP contribution in [0.15, 0.2) is 60.7 Å². The van der Waals surface area contributed by atoms with Crippen LogP contribution in [0, 0.1) is 0 Å². The monoisotopic (exact) mass is 490 g/mol. The lowest BCUT2D eigenvalue weighted by Gasteiger charge is -2.43. The lowest BCUT2D eigenvalue weighted by molar-refractivity contribution is -0.0710. The third-order valence-electron chi connectivity index (χ3n) is 5.94. The summed E-state index contributed by atoms with van der Waals surface area (Å²) in [7, 11) is -1.10. The largest absolute Gasteiger partial charge is 0.405 e. The van der Waals surface area contributed by atoms with Crippen molar-refractivity contribution < 1.29 is 28.8 Å². The Morgan fingerprint density at radius 2 is 1.21 bits per heavy atom. The first kappa shape index (κ1) is 28.7. The van der Waals surface area contributed by atoms with E-state index in [-0.39, 0.29) is 37.6 Å². The fourth-order valence-corrected chi connectivity index (χ4v) is 8.60. The van der Waals surface area contributed by atoms with Crippen molar-refractivity contribution in [3.63, 3.8) is 0 Å². The minimum Gasteiger partial charge on any atom is -0.405 e. The summed E-state index contributed by atoms with van der Waals surface area (Å²) >= 11 is 0. The average Bonchev–Trinajstić information content (AvgIpc) is 2.83. The highest BCUT2D eigenvalue weighted by atomic mass is 28.4. The van der Waals surface area contributed by atoms with Gasteiger partial charge in [-0.15, -0.1) is 0 Å². The van der Waals surface area contributed by atoms with Gasteiger partial charge in [-0.3, -0.25) is 0 Å². The highest BCUT2D eigenvalue weighted by Gasteiger charge is 2.50. The molecule has 2 rings (SSSR count). The molecule has 6 nitrogen and oxygen atoms in total. The van der Waals surface area contributed by atoms with Crippen LogP contribution in [0.3, 0.4) is 0 Å². The van der Waals surface area contributed by atoms with Gasteiger partial charge in [-0.05, 0) is 21.8 Å². The Hall–Kier alpha value is -1.58. The van der Waals surface area contributed by atoms with E-state index in [0.29, 0.717) is 13.0 Å². The molecule has 0 bridgehead atoms. The van der Waals surface area contributed by atoms with Crippen molar-refractivity contribution in [1.82, 2.24) is 0 Å². The van der Waals surface area contributed by atoms with E-state index in [1.807, 2.05) is 43.3 Å². The molecule has 2 aromatic carbocycles. The van der Waals surface area contributed by atoms with E-state index in [4.69, 9.17) is 18.6 Å². The number of methoxy groups -OCH3 is 1. The smallest absolute Gasteiger partial charge is 0.261 e. The Morgan fingerprint density at radius 3 is 1.62 bits per heavy atom. The van der Waals surface area contributed by atoms with Gasteiger partial charge >= 0.3 is 0 Å². The second kappa shape index (κ2) is 14.1. The van der Waals surface area contributed by atoms with E-state index in [0.717, 1.165) is 0 Å². The predicted molar refractivity (Wildman–Crippen MR) is 138 cm³/mol. The zero-order chi connectivity index (χ0) is 25.0. The fraction of sp³-hybridized carbons (Fsp3) is 0.556. The zero-order valence-corrected chi connectivity index (χ0v) is 22.3. The third-order valence-corrected chi connectivity index (χ3v) is 10.9. The van der Waals surface area contributed by atoms with Gasteiger partial charge in [0.25, 0.3) is 8.32 Å². The molecular formula is C27H42O6Si. The molecule has 0 radical (unpaired) electrons. The molecular weight excluding hydrogens is 448 g/mol. The molecule has 0 aliphatic carbocycles. The maximum absolute atomic E-state index is 10.7. The van der Waals surface area contributed by atoms with Crippen molar-refractivity contribution in [3.8, 4) is 0 Å². The van der Waals surface area contributed by atoms with Crippen molar-refractivity contribution in [1.29, 1.82) is 0 Å². The average molecular weight is 491 g/mol. The first-order valence-electron chi connectivity index (χ1n) is 12.0. The van der Waals surface area contributed by atoms with E-state index in [2.05, 4.69) is 45.0 Å². The molecule has 0 heterocycles. The molecule has 34 heavy (non-hydrogen) atoms. The standard InChI is InChI=1S/C27H42O6Si/c1-6-22(28)17-31-20-24(30-5)21-32-18-23(29)19-33-34(27(2,3)4,25-13-9-7-10-14-25)26-15-11-8-12-16-26/h7-16,22-24,28-29H,6,17-21H2,1-5H3. The van der Waals surface area contributed by atoms with Crippen LogP contribution in [0.2, 0.25) is 5.04 Å². The van der Waals surface area contributed by atoms with E-state index in [9.17, 15) is 10.2 Å². The Kier molecular flexibility index (Phi) is 11.9. The lowest BCUT2D eigenvalue weighted by atomic mass is 10.2. The Labute approximate surface area is 206 Å². The van der Waals surface area contributed by atoms with Crippen LogP contribution in [-0.4, -0.2) is 77.0 Å². The van der Waals surface area contributed by atoms with Crippen molar-refractivity contribution in [3.05, 3.63) is 60.7 Å². The summed E-state index contributed by atoms with van der Waals surface area (Å²) in [6, 6.07) is 20.7. The topological polar surface area (TPSA) is 77.4 Å². The molecule has 7 heteroatoms. The van der Waals surface area contributed by atoms with Crippen molar-refractivity contribution >= 4 is 18.7 Å². The molecule has 0 aliphatic rings. The number of aliphatic hydroxyl groups excluding tert-OH is 2. The maximum atomic E-state index is 10.7. The van der Waals surface area contributed by atoms with Gasteiger partial charge in [0.05, 0.1) is 45.2 Å². The van der Waals surface area contributed by atoms with Gasteiger partial charge in [0.15, 0.2) is 0 Å². The first-order valence-corrected chi connectivity index (χ1v) is 13.9. The molecule has 0 aromatic heterocycles. The van der Waals surface area contributed by atoms with Crippen molar-refractivity contribution in [2.24, 2.45) is 0 Å². The minimum absolute atomic E-state index is 0.135. The van der Waals surface area contributed by atoms with E-state index >= 15 is 0 Å². The van der Waals surface area contributed by atoms with Gasteiger partial charge in [-0.2, -0.15) is 0 Å². The van der Waals surface area contributed by atoms with Crippen LogP contribution in [0.1, 0.15) is 34.1 Å². The summed E-state index contributed by atoms with van der Waals surface area (Å²) in [5, 5.41) is 22.5. The summed E-state index contributed by atoms with van der Waals surface area (Å²) in [5.41, 5.74) is 0.